The van der Waals surface area contributed by atoms with Gasteiger partial charge in [0, 0.05) is 10.9 Å². The van der Waals surface area contributed by atoms with Gasteiger partial charge in [-0.2, -0.15) is 0 Å². The molecule has 1 aromatic heterocycles. The summed E-state index contributed by atoms with van der Waals surface area (Å²) in [5, 5.41) is 4.92. The SMILES string of the molecule is COc1ccc(-c2nc(C(=O)Nc3ccc(C)cc3F)cs2)cc1. The molecule has 0 atom stereocenters. The van der Waals surface area contributed by atoms with E-state index in [0.29, 0.717) is 5.01 Å². The Balaban J connectivity index is 1.77. The largest absolute Gasteiger partial charge is 0.497 e. The smallest absolute Gasteiger partial charge is 0.275 e. The number of ether oxygens (including phenoxy) is 1. The van der Waals surface area contributed by atoms with Gasteiger partial charge in [0.05, 0.1) is 12.8 Å². The van der Waals surface area contributed by atoms with E-state index in [-0.39, 0.29) is 11.4 Å². The number of thiazole rings is 1. The highest BCUT2D eigenvalue weighted by atomic mass is 32.1. The Morgan fingerprint density at radius 2 is 1.96 bits per heavy atom. The standard InChI is InChI=1S/C18H15FN2O2S/c1-11-3-8-15(14(19)9-11)20-17(22)16-10-24-18(21-16)12-4-6-13(23-2)7-5-12/h3-10H,1-2H3,(H,20,22). The molecule has 1 amide bonds. The number of carbonyl (C=O) groups is 1. The molecular weight excluding hydrogens is 327 g/mol. The first-order valence-corrected chi connectivity index (χ1v) is 8.12. The molecule has 0 aliphatic carbocycles. The second-order valence-electron chi connectivity index (χ2n) is 5.20. The van der Waals surface area contributed by atoms with Gasteiger partial charge in [-0.15, -0.1) is 11.3 Å². The number of aromatic nitrogens is 1. The van der Waals surface area contributed by atoms with Crippen LogP contribution in [0.2, 0.25) is 0 Å². The monoisotopic (exact) mass is 342 g/mol. The number of amides is 1. The summed E-state index contributed by atoms with van der Waals surface area (Å²) in [6.45, 7) is 1.79. The van der Waals surface area contributed by atoms with Gasteiger partial charge < -0.3 is 10.1 Å². The third-order valence-corrected chi connectivity index (χ3v) is 4.34. The van der Waals surface area contributed by atoms with Gasteiger partial charge in [0.25, 0.3) is 5.91 Å². The molecule has 2 aromatic carbocycles. The van der Waals surface area contributed by atoms with Gasteiger partial charge in [0.2, 0.25) is 0 Å². The molecule has 0 saturated heterocycles. The van der Waals surface area contributed by atoms with E-state index in [1.165, 1.54) is 17.4 Å². The number of hydrogen-bond acceptors (Lipinski definition) is 4. The number of methoxy groups -OCH3 is 1. The second kappa shape index (κ2) is 6.80. The summed E-state index contributed by atoms with van der Waals surface area (Å²) in [5.74, 6) is -0.147. The molecule has 4 nitrogen and oxygen atoms in total. The molecule has 0 radical (unpaired) electrons. The van der Waals surface area contributed by atoms with E-state index < -0.39 is 11.7 Å². The van der Waals surface area contributed by atoms with Crippen LogP contribution in [0.15, 0.2) is 47.8 Å². The molecule has 1 N–H and O–H groups in total. The molecule has 1 heterocycles. The van der Waals surface area contributed by atoms with Crippen LogP contribution in [0.3, 0.4) is 0 Å². The lowest BCUT2D eigenvalue weighted by molar-refractivity contribution is 0.102. The lowest BCUT2D eigenvalue weighted by Gasteiger charge is -2.05. The molecule has 0 bridgehead atoms. The molecular formula is C18H15FN2O2S. The van der Waals surface area contributed by atoms with Crippen molar-refractivity contribution in [2.45, 2.75) is 6.92 Å². The summed E-state index contributed by atoms with van der Waals surface area (Å²) in [7, 11) is 1.60. The third kappa shape index (κ3) is 3.44. The Kier molecular flexibility index (Phi) is 4.57. The third-order valence-electron chi connectivity index (χ3n) is 3.45. The summed E-state index contributed by atoms with van der Waals surface area (Å²) >= 11 is 1.36. The number of benzene rings is 2. The molecule has 3 rings (SSSR count). The number of anilines is 1. The van der Waals surface area contributed by atoms with Crippen molar-refractivity contribution in [3.8, 4) is 16.3 Å². The normalized spacial score (nSPS) is 10.5. The zero-order chi connectivity index (χ0) is 17.1. The number of hydrogen-bond donors (Lipinski definition) is 1. The van der Waals surface area contributed by atoms with E-state index in [4.69, 9.17) is 4.74 Å². The average molecular weight is 342 g/mol. The number of nitrogens with zero attached hydrogens (tertiary/aromatic N) is 1. The molecule has 3 aromatic rings. The van der Waals surface area contributed by atoms with Crippen molar-refractivity contribution in [2.75, 3.05) is 12.4 Å². The predicted octanol–water partition coefficient (Wildman–Crippen LogP) is 4.52. The number of carbonyl (C=O) groups excluding carboxylic acids is 1. The molecule has 0 fully saturated rings. The van der Waals surface area contributed by atoms with E-state index in [1.807, 2.05) is 24.3 Å². The maximum absolute atomic E-state index is 13.8. The van der Waals surface area contributed by atoms with Crippen LogP contribution < -0.4 is 10.1 Å². The number of nitrogens with one attached hydrogen (secondary N) is 1. The van der Waals surface area contributed by atoms with Crippen molar-refractivity contribution < 1.29 is 13.9 Å². The minimum atomic E-state index is -0.464. The van der Waals surface area contributed by atoms with Gasteiger partial charge in [0.1, 0.15) is 22.3 Å². The van der Waals surface area contributed by atoms with Gasteiger partial charge in [-0.3, -0.25) is 4.79 Å². The Morgan fingerprint density at radius 1 is 1.21 bits per heavy atom. The van der Waals surface area contributed by atoms with Crippen molar-refractivity contribution in [3.63, 3.8) is 0 Å². The average Bonchev–Trinajstić information content (AvgIpc) is 3.07. The van der Waals surface area contributed by atoms with Crippen LogP contribution in [0, 0.1) is 12.7 Å². The van der Waals surface area contributed by atoms with Crippen LogP contribution in [0.25, 0.3) is 10.6 Å². The maximum Gasteiger partial charge on any atom is 0.275 e. The predicted molar refractivity (Wildman–Crippen MR) is 93.2 cm³/mol. The summed E-state index contributed by atoms with van der Waals surface area (Å²) in [6, 6.07) is 12.1. The lowest BCUT2D eigenvalue weighted by atomic mass is 10.2. The molecule has 0 saturated carbocycles. The highest BCUT2D eigenvalue weighted by Crippen LogP contribution is 2.26. The van der Waals surface area contributed by atoms with Crippen LogP contribution >= 0.6 is 11.3 Å². The molecule has 6 heteroatoms. The molecule has 0 aliphatic heterocycles. The Morgan fingerprint density at radius 3 is 2.62 bits per heavy atom. The van der Waals surface area contributed by atoms with E-state index in [2.05, 4.69) is 10.3 Å². The first-order chi connectivity index (χ1) is 11.6. The fraction of sp³-hybridized carbons (Fsp3) is 0.111. The maximum atomic E-state index is 13.8. The molecule has 0 aliphatic rings. The Hall–Kier alpha value is -2.73. The van der Waals surface area contributed by atoms with Gasteiger partial charge in [0.15, 0.2) is 0 Å². The highest BCUT2D eigenvalue weighted by molar-refractivity contribution is 7.13. The highest BCUT2D eigenvalue weighted by Gasteiger charge is 2.14. The van der Waals surface area contributed by atoms with Crippen molar-refractivity contribution >= 4 is 22.9 Å². The van der Waals surface area contributed by atoms with Crippen molar-refractivity contribution in [2.24, 2.45) is 0 Å². The summed E-state index contributed by atoms with van der Waals surface area (Å²) in [5.41, 5.74) is 2.08. The van der Waals surface area contributed by atoms with Gasteiger partial charge in [-0.1, -0.05) is 6.07 Å². The number of halogens is 1. The summed E-state index contributed by atoms with van der Waals surface area (Å²) < 4.78 is 18.9. The van der Waals surface area contributed by atoms with E-state index in [0.717, 1.165) is 16.9 Å². The van der Waals surface area contributed by atoms with Crippen molar-refractivity contribution in [1.29, 1.82) is 0 Å². The minimum Gasteiger partial charge on any atom is -0.497 e. The van der Waals surface area contributed by atoms with E-state index >= 15 is 0 Å². The Labute approximate surface area is 142 Å². The quantitative estimate of drug-likeness (QED) is 0.758. The van der Waals surface area contributed by atoms with Crippen LogP contribution in [0.1, 0.15) is 16.1 Å². The zero-order valence-corrected chi connectivity index (χ0v) is 14.0. The lowest BCUT2D eigenvalue weighted by Crippen LogP contribution is -2.13. The van der Waals surface area contributed by atoms with Crippen LogP contribution in [-0.2, 0) is 0 Å². The fourth-order valence-corrected chi connectivity index (χ4v) is 2.96. The van der Waals surface area contributed by atoms with E-state index in [1.54, 1.807) is 31.5 Å². The van der Waals surface area contributed by atoms with Crippen molar-refractivity contribution in [1.82, 2.24) is 4.98 Å². The summed E-state index contributed by atoms with van der Waals surface area (Å²) in [4.78, 5) is 16.6. The molecule has 122 valence electrons. The number of rotatable bonds is 4. The molecule has 24 heavy (non-hydrogen) atoms. The van der Waals surface area contributed by atoms with E-state index in [9.17, 15) is 9.18 Å². The molecule has 0 unspecified atom stereocenters. The van der Waals surface area contributed by atoms with Gasteiger partial charge in [-0.05, 0) is 48.9 Å². The van der Waals surface area contributed by atoms with Crippen molar-refractivity contribution in [3.05, 3.63) is 64.9 Å². The fourth-order valence-electron chi connectivity index (χ4n) is 2.15. The van der Waals surface area contributed by atoms with Gasteiger partial charge in [-0.25, -0.2) is 9.37 Å². The first-order valence-electron chi connectivity index (χ1n) is 7.24. The first kappa shape index (κ1) is 16.1. The second-order valence-corrected chi connectivity index (χ2v) is 6.06. The van der Waals surface area contributed by atoms with Crippen LogP contribution in [0.4, 0.5) is 10.1 Å². The zero-order valence-electron chi connectivity index (χ0n) is 13.2. The Bertz CT molecular complexity index is 875. The molecule has 0 spiro atoms. The minimum absolute atomic E-state index is 0.143. The van der Waals surface area contributed by atoms with Gasteiger partial charge >= 0.3 is 0 Å². The summed E-state index contributed by atoms with van der Waals surface area (Å²) in [6.07, 6.45) is 0. The van der Waals surface area contributed by atoms with Crippen LogP contribution in [-0.4, -0.2) is 18.0 Å². The topological polar surface area (TPSA) is 51.2 Å². The van der Waals surface area contributed by atoms with Crippen LogP contribution in [0.5, 0.6) is 5.75 Å². The number of aryl methyl sites for hydroxylation is 1.